The lowest BCUT2D eigenvalue weighted by Gasteiger charge is -2.48. The Hall–Kier alpha value is -9.10. The van der Waals surface area contributed by atoms with Crippen LogP contribution in [0, 0.1) is 0 Å². The largest absolute Gasteiger partial charge is 0.491 e. The van der Waals surface area contributed by atoms with Crippen molar-refractivity contribution in [1.29, 1.82) is 0 Å². The number of benzene rings is 10. The normalized spacial score (nSPS) is 19.5. The molecule has 0 saturated carbocycles. The first-order chi connectivity index (χ1) is 46.1. The molecule has 0 spiro atoms. The van der Waals surface area contributed by atoms with Gasteiger partial charge in [0.1, 0.15) is 110 Å². The fourth-order valence-corrected chi connectivity index (χ4v) is 20.5. The van der Waals surface area contributed by atoms with Crippen molar-refractivity contribution in [2.45, 2.75) is 67.8 Å². The van der Waals surface area contributed by atoms with E-state index in [-0.39, 0.29) is 49.5 Å². The summed E-state index contributed by atoms with van der Waals surface area (Å²) in [5.74, 6) is 4.25. The minimum atomic E-state index is -4.66. The number of ether oxygens (including phenoxy) is 8. The van der Waals surface area contributed by atoms with Crippen molar-refractivity contribution in [3.8, 4) is 68.2 Å². The molecule has 484 valence electrons. The Morgan fingerprint density at radius 3 is 0.905 bits per heavy atom. The minimum absolute atomic E-state index is 0.0501. The summed E-state index contributed by atoms with van der Waals surface area (Å²) in [7, 11) is -9.32. The molecule has 14 nitrogen and oxygen atoms in total. The topological polar surface area (TPSA) is 174 Å². The van der Waals surface area contributed by atoms with Crippen molar-refractivity contribution in [2.75, 3.05) is 52.9 Å². The zero-order valence-electron chi connectivity index (χ0n) is 53.2. The van der Waals surface area contributed by atoms with Crippen LogP contribution in [0.4, 0.5) is 0 Å². The van der Waals surface area contributed by atoms with Gasteiger partial charge in [-0.1, -0.05) is 173 Å². The van der Waals surface area contributed by atoms with Crippen molar-refractivity contribution in [2.24, 2.45) is 0 Å². The molecule has 6 unspecified atom stereocenters. The van der Waals surface area contributed by atoms with Crippen molar-refractivity contribution in [3.05, 3.63) is 276 Å². The van der Waals surface area contributed by atoms with Crippen molar-refractivity contribution < 1.29 is 66.3 Å². The molecule has 0 aromatic heterocycles. The second kappa shape index (κ2) is 26.2. The summed E-state index contributed by atoms with van der Waals surface area (Å²) >= 11 is 0. The van der Waals surface area contributed by atoms with Crippen LogP contribution in [0.2, 0.25) is 0 Å². The highest BCUT2D eigenvalue weighted by Crippen LogP contribution is 2.84. The van der Waals surface area contributed by atoms with Gasteiger partial charge in [-0.3, -0.25) is 9.13 Å². The smallest absolute Gasteiger partial charge is 0.303 e. The molecule has 4 heterocycles. The Bertz CT molecular complexity index is 4150. The fourth-order valence-electron chi connectivity index (χ4n) is 12.7. The molecule has 95 heavy (non-hydrogen) atoms. The molecule has 0 amide bonds. The Morgan fingerprint density at radius 2 is 0.611 bits per heavy atom. The lowest BCUT2D eigenvalue weighted by molar-refractivity contribution is 0.0626. The highest BCUT2D eigenvalue weighted by atomic mass is 31.2. The summed E-state index contributed by atoms with van der Waals surface area (Å²) in [5.41, 5.74) is 7.29. The molecule has 4 aliphatic rings. The first-order valence-electron chi connectivity index (χ1n) is 32.1. The quantitative estimate of drug-likeness (QED) is 0.0387. The van der Waals surface area contributed by atoms with E-state index in [9.17, 15) is 10.2 Å². The molecule has 0 bridgehead atoms. The molecule has 16 heteroatoms. The van der Waals surface area contributed by atoms with Gasteiger partial charge in [0, 0.05) is 22.0 Å². The molecule has 10 aromatic rings. The van der Waals surface area contributed by atoms with Gasteiger partial charge in [0.25, 0.3) is 0 Å². The molecule has 2 fully saturated rings. The van der Waals surface area contributed by atoms with Gasteiger partial charge in [-0.25, -0.2) is 0 Å². The maximum absolute atomic E-state index is 17.8. The molecule has 0 aliphatic carbocycles. The van der Waals surface area contributed by atoms with Gasteiger partial charge >= 0.3 is 14.7 Å². The zero-order chi connectivity index (χ0) is 65.4. The molecule has 0 radical (unpaired) electrons. The second-order valence-electron chi connectivity index (χ2n) is 25.5. The average Bonchev–Trinajstić information content (AvgIpc) is 1.65. The highest BCUT2D eigenvalue weighted by molar-refractivity contribution is 7.86. The van der Waals surface area contributed by atoms with Crippen LogP contribution >= 0.6 is 14.7 Å². The van der Waals surface area contributed by atoms with E-state index >= 15 is 9.13 Å². The molecular weight excluding hydrogens is 1230 g/mol. The Balaban J connectivity index is 0.729. The monoisotopic (exact) mass is 1310 g/mol. The summed E-state index contributed by atoms with van der Waals surface area (Å²) in [6.45, 7) is 10.9. The second-order valence-corrected chi connectivity index (χ2v) is 30.7. The fraction of sp³-hybridized carbons (Fsp3) is 0.241. The summed E-state index contributed by atoms with van der Waals surface area (Å²) in [5, 5.41) is 23.4. The van der Waals surface area contributed by atoms with Crippen LogP contribution in [0.1, 0.15) is 61.1 Å². The van der Waals surface area contributed by atoms with E-state index in [2.05, 4.69) is 52.0 Å². The number of aliphatic hydroxyl groups is 2. The lowest BCUT2D eigenvalue weighted by Crippen LogP contribution is -2.42. The van der Waals surface area contributed by atoms with Crippen LogP contribution in [0.25, 0.3) is 22.3 Å². The van der Waals surface area contributed by atoms with Crippen LogP contribution in [-0.2, 0) is 34.3 Å². The third-order valence-corrected chi connectivity index (χ3v) is 25.6. The van der Waals surface area contributed by atoms with Crippen molar-refractivity contribution in [3.63, 3.8) is 0 Å². The molecule has 2 saturated heterocycles. The van der Waals surface area contributed by atoms with E-state index in [4.69, 9.17) is 46.9 Å². The number of aliphatic hydroxyl groups excluding tert-OH is 2. The lowest BCUT2D eigenvalue weighted by atomic mass is 9.78. The van der Waals surface area contributed by atoms with E-state index in [0.717, 1.165) is 58.1 Å². The molecule has 6 atom stereocenters. The molecule has 10 aromatic carbocycles. The predicted molar refractivity (Wildman–Crippen MR) is 368 cm³/mol. The Labute approximate surface area is 553 Å². The van der Waals surface area contributed by atoms with Gasteiger partial charge in [0.2, 0.25) is 4.90 Å². The minimum Gasteiger partial charge on any atom is -0.491 e. The number of para-hydroxylation sites is 2. The first-order valence-corrected chi connectivity index (χ1v) is 35.3. The van der Waals surface area contributed by atoms with E-state index in [0.29, 0.717) is 80.6 Å². The molecule has 4 aliphatic heterocycles. The summed E-state index contributed by atoms with van der Waals surface area (Å²) < 4.78 is 96.8. The number of hydrogen-bond acceptors (Lipinski definition) is 14. The van der Waals surface area contributed by atoms with Crippen molar-refractivity contribution in [1.82, 2.24) is 0 Å². The Morgan fingerprint density at radius 1 is 0.358 bits per heavy atom. The van der Waals surface area contributed by atoms with E-state index in [1.54, 1.807) is 72.8 Å². The number of fused-ring (bicyclic) bond motifs is 6. The third kappa shape index (κ3) is 12.6. The van der Waals surface area contributed by atoms with Crippen LogP contribution in [-0.4, -0.2) is 87.5 Å². The van der Waals surface area contributed by atoms with Crippen LogP contribution in [0.3, 0.4) is 0 Å². The van der Waals surface area contributed by atoms with Crippen LogP contribution < -0.4 is 48.1 Å². The van der Waals surface area contributed by atoms with E-state index < -0.39 is 31.8 Å². The summed E-state index contributed by atoms with van der Waals surface area (Å²) in [6, 6.07) is 75.5. The maximum Gasteiger partial charge on any atom is 0.303 e. The van der Waals surface area contributed by atoms with Gasteiger partial charge in [0.05, 0.1) is 23.8 Å². The number of epoxide rings is 2. The maximum atomic E-state index is 17.8. The average molecular weight is 1310 g/mol. The van der Waals surface area contributed by atoms with E-state index in [1.807, 2.05) is 146 Å². The molecule has 2 N–H and O–H groups in total. The van der Waals surface area contributed by atoms with Crippen molar-refractivity contribution >= 4 is 25.3 Å². The third-order valence-electron chi connectivity index (χ3n) is 18.4. The highest BCUT2D eigenvalue weighted by Gasteiger charge is 2.70. The standard InChI is InChI=1S/C79H74O14P2/c1-77(2,55-25-37-65(38-26-55)88-49-67-51-90-67)53-21-33-61(34-22-53)84-45-59(80)47-86-63-41-29-57(30-42-63)79(94(82)75-19-11-7-15-71(75)69-13-5-9-17-73(69)92-94,95(83)76-20-12-8-16-72(76)70-14-6-10-18-74(70)93-95)58-31-43-64(44-32-58)87-48-60(81)46-85-62-35-23-54(24-36-62)78(3,4)56-27-39-66(40-28-56)89-50-68-52-91-68/h5-44,59-60,67-68,80-81H,45-52H2,1-4H3. The van der Waals surface area contributed by atoms with Gasteiger partial charge in [-0.15, -0.1) is 0 Å². The van der Waals surface area contributed by atoms with Gasteiger partial charge < -0.3 is 57.2 Å². The van der Waals surface area contributed by atoms with Gasteiger partial charge in [0.15, 0.2) is 0 Å². The number of rotatable bonds is 26. The molecule has 14 rings (SSSR count). The van der Waals surface area contributed by atoms with Gasteiger partial charge in [-0.05, 0) is 142 Å². The zero-order valence-corrected chi connectivity index (χ0v) is 55.0. The predicted octanol–water partition coefficient (Wildman–Crippen LogP) is 15.1. The first kappa shape index (κ1) is 63.3. The summed E-state index contributed by atoms with van der Waals surface area (Å²) in [6.07, 6.45) is -1.69. The summed E-state index contributed by atoms with van der Waals surface area (Å²) in [4.78, 5) is -2.14. The SMILES string of the molecule is CC(C)(c1ccc(OCC(O)COc2ccc(C(c3ccc(OCC(O)COc4ccc(C(C)(C)c5ccc(OCC6CO6)cc5)cc4)cc3)(P3(=O)Oc4ccccc4-c4ccccc43)P3(=O)Oc4ccccc4-c4ccccc43)cc2)cc1)c1ccc(OCC2CO2)cc1. The van der Waals surface area contributed by atoms with Gasteiger partial charge in [-0.2, -0.15) is 0 Å². The Kier molecular flexibility index (Phi) is 17.5. The molecular formula is C79H74O14P2. The number of hydrogen-bond donors (Lipinski definition) is 2. The van der Waals surface area contributed by atoms with Crippen LogP contribution in [0.5, 0.6) is 46.0 Å². The van der Waals surface area contributed by atoms with Crippen LogP contribution in [0.15, 0.2) is 243 Å². The van der Waals surface area contributed by atoms with E-state index in [1.165, 1.54) is 0 Å².